The van der Waals surface area contributed by atoms with Crippen molar-refractivity contribution >= 4 is 74.6 Å². The molecule has 1 aliphatic rings. The standard InChI is InChI=1S/C28H18Cl3NO3S/c29-21-10-8-17(9-11-21)16-35-26-23(30)12-18(13-24(26)31)14-25-27(33)32(28(34)36-25)15-20-6-3-5-19-4-1-2-7-22(19)20/h1-14H,15-16H2/b25-14+. The van der Waals surface area contributed by atoms with Gasteiger partial charge in [0.25, 0.3) is 11.1 Å². The van der Waals surface area contributed by atoms with Crippen LogP contribution in [0.4, 0.5) is 4.79 Å². The number of carbonyl (C=O) groups is 2. The summed E-state index contributed by atoms with van der Waals surface area (Å²) in [6.07, 6.45) is 1.62. The predicted octanol–water partition coefficient (Wildman–Crippen LogP) is 8.62. The van der Waals surface area contributed by atoms with Crippen LogP contribution in [0.3, 0.4) is 0 Å². The first kappa shape index (κ1) is 24.7. The van der Waals surface area contributed by atoms with Crippen molar-refractivity contribution in [3.05, 3.63) is 116 Å². The molecule has 1 aliphatic heterocycles. The van der Waals surface area contributed by atoms with Gasteiger partial charge in [-0.2, -0.15) is 0 Å². The molecule has 0 saturated carbocycles. The number of fused-ring (bicyclic) bond motifs is 1. The minimum Gasteiger partial charge on any atom is -0.486 e. The highest BCUT2D eigenvalue weighted by atomic mass is 35.5. The molecule has 1 heterocycles. The molecule has 1 saturated heterocycles. The Balaban J connectivity index is 1.34. The van der Waals surface area contributed by atoms with Gasteiger partial charge < -0.3 is 4.74 Å². The molecule has 0 atom stereocenters. The van der Waals surface area contributed by atoms with Crippen molar-refractivity contribution in [3.8, 4) is 5.75 Å². The summed E-state index contributed by atoms with van der Waals surface area (Å²) in [4.78, 5) is 27.4. The summed E-state index contributed by atoms with van der Waals surface area (Å²) in [5.41, 5.74) is 2.42. The van der Waals surface area contributed by atoms with Gasteiger partial charge in [0, 0.05) is 5.02 Å². The van der Waals surface area contributed by atoms with Crippen LogP contribution in [0.1, 0.15) is 16.7 Å². The average molecular weight is 555 g/mol. The Kier molecular flexibility index (Phi) is 7.26. The molecule has 1 fully saturated rings. The molecule has 180 valence electrons. The maximum absolute atomic E-state index is 13.1. The highest BCUT2D eigenvalue weighted by Gasteiger charge is 2.35. The van der Waals surface area contributed by atoms with Gasteiger partial charge in [0.1, 0.15) is 6.61 Å². The van der Waals surface area contributed by atoms with E-state index in [0.717, 1.165) is 33.7 Å². The predicted molar refractivity (Wildman–Crippen MR) is 148 cm³/mol. The fourth-order valence-corrected chi connectivity index (χ4v) is 5.50. The fraction of sp³-hybridized carbons (Fsp3) is 0.0714. The molecule has 5 rings (SSSR count). The van der Waals surface area contributed by atoms with Gasteiger partial charge in [-0.25, -0.2) is 0 Å². The third-order valence-electron chi connectivity index (χ3n) is 5.70. The van der Waals surface area contributed by atoms with E-state index in [4.69, 9.17) is 39.5 Å². The molecule has 36 heavy (non-hydrogen) atoms. The van der Waals surface area contributed by atoms with E-state index in [1.807, 2.05) is 54.6 Å². The molecule has 4 aromatic rings. The lowest BCUT2D eigenvalue weighted by Crippen LogP contribution is -2.27. The van der Waals surface area contributed by atoms with Gasteiger partial charge in [0.15, 0.2) is 5.75 Å². The second-order valence-corrected chi connectivity index (χ2v) is 10.4. The van der Waals surface area contributed by atoms with Gasteiger partial charge in [-0.05, 0) is 69.6 Å². The number of carbonyl (C=O) groups excluding carboxylic acids is 2. The zero-order valence-corrected chi connectivity index (χ0v) is 21.8. The molecule has 4 aromatic carbocycles. The Morgan fingerprint density at radius 1 is 0.861 bits per heavy atom. The second-order valence-electron chi connectivity index (χ2n) is 8.13. The number of hydrogen-bond acceptors (Lipinski definition) is 4. The fourth-order valence-electron chi connectivity index (χ4n) is 3.93. The maximum atomic E-state index is 13.1. The van der Waals surface area contributed by atoms with Gasteiger partial charge in [-0.3, -0.25) is 14.5 Å². The van der Waals surface area contributed by atoms with E-state index in [9.17, 15) is 9.59 Å². The Morgan fingerprint density at radius 3 is 2.31 bits per heavy atom. The third kappa shape index (κ3) is 5.25. The normalized spacial score (nSPS) is 14.8. The SMILES string of the molecule is O=C1S/C(=C/c2cc(Cl)c(OCc3ccc(Cl)cc3)c(Cl)c2)C(=O)N1Cc1cccc2ccccc12. The first-order valence-corrected chi connectivity index (χ1v) is 12.9. The van der Waals surface area contributed by atoms with Gasteiger partial charge in [-0.15, -0.1) is 0 Å². The van der Waals surface area contributed by atoms with Gasteiger partial charge in [0.05, 0.1) is 21.5 Å². The Morgan fingerprint density at radius 2 is 1.56 bits per heavy atom. The van der Waals surface area contributed by atoms with E-state index >= 15 is 0 Å². The molecule has 0 unspecified atom stereocenters. The number of ether oxygens (including phenoxy) is 1. The van der Waals surface area contributed by atoms with Crippen molar-refractivity contribution in [1.29, 1.82) is 0 Å². The molecule has 0 radical (unpaired) electrons. The lowest BCUT2D eigenvalue weighted by atomic mass is 10.0. The molecule has 4 nitrogen and oxygen atoms in total. The van der Waals surface area contributed by atoms with Crippen LogP contribution in [0.25, 0.3) is 16.8 Å². The first-order chi connectivity index (χ1) is 17.4. The minimum absolute atomic E-state index is 0.197. The number of amides is 2. The molecular weight excluding hydrogens is 537 g/mol. The quantitative estimate of drug-likeness (QED) is 0.224. The molecule has 8 heteroatoms. The van der Waals surface area contributed by atoms with E-state index < -0.39 is 0 Å². The number of imide groups is 1. The zero-order chi connectivity index (χ0) is 25.2. The summed E-state index contributed by atoms with van der Waals surface area (Å²) in [5, 5.41) is 2.99. The van der Waals surface area contributed by atoms with Gasteiger partial charge in [-0.1, -0.05) is 89.4 Å². The highest BCUT2D eigenvalue weighted by molar-refractivity contribution is 8.18. The van der Waals surface area contributed by atoms with Crippen LogP contribution in [0.2, 0.25) is 15.1 Å². The molecule has 0 N–H and O–H groups in total. The zero-order valence-electron chi connectivity index (χ0n) is 18.7. The van der Waals surface area contributed by atoms with Crippen LogP contribution >= 0.6 is 46.6 Å². The van der Waals surface area contributed by atoms with Crippen molar-refractivity contribution in [2.75, 3.05) is 0 Å². The molecule has 0 bridgehead atoms. The number of thioether (sulfide) groups is 1. The van der Waals surface area contributed by atoms with Crippen LogP contribution in [0, 0.1) is 0 Å². The Labute approximate surface area is 227 Å². The van der Waals surface area contributed by atoms with E-state index in [0.29, 0.717) is 31.3 Å². The van der Waals surface area contributed by atoms with Crippen molar-refractivity contribution in [2.45, 2.75) is 13.2 Å². The van der Waals surface area contributed by atoms with Crippen LogP contribution in [0.5, 0.6) is 5.75 Å². The summed E-state index contributed by atoms with van der Waals surface area (Å²) in [5.74, 6) is -0.0114. The second kappa shape index (κ2) is 10.6. The third-order valence-corrected chi connectivity index (χ3v) is 7.42. The Bertz CT molecular complexity index is 1490. The highest BCUT2D eigenvalue weighted by Crippen LogP contribution is 2.38. The topological polar surface area (TPSA) is 46.6 Å². The smallest absolute Gasteiger partial charge is 0.293 e. The summed E-state index contributed by atoms with van der Waals surface area (Å²) in [6, 6.07) is 24.3. The minimum atomic E-state index is -0.353. The van der Waals surface area contributed by atoms with Gasteiger partial charge in [0.2, 0.25) is 0 Å². The summed E-state index contributed by atoms with van der Waals surface area (Å²) >= 11 is 19.7. The number of halogens is 3. The van der Waals surface area contributed by atoms with Crippen molar-refractivity contribution in [2.24, 2.45) is 0 Å². The van der Waals surface area contributed by atoms with E-state index in [2.05, 4.69) is 0 Å². The molecule has 0 aliphatic carbocycles. The van der Waals surface area contributed by atoms with Crippen molar-refractivity contribution < 1.29 is 14.3 Å². The molecular formula is C28H18Cl3NO3S. The number of rotatable bonds is 6. The summed E-state index contributed by atoms with van der Waals surface area (Å²) < 4.78 is 5.81. The number of hydrogen-bond donors (Lipinski definition) is 0. The molecule has 0 spiro atoms. The number of nitrogens with zero attached hydrogens (tertiary/aromatic N) is 1. The van der Waals surface area contributed by atoms with Crippen LogP contribution in [-0.4, -0.2) is 16.0 Å². The Hall–Kier alpha value is -2.96. The van der Waals surface area contributed by atoms with Crippen LogP contribution < -0.4 is 4.74 Å². The van der Waals surface area contributed by atoms with E-state index in [1.165, 1.54) is 4.90 Å². The maximum Gasteiger partial charge on any atom is 0.293 e. The summed E-state index contributed by atoms with van der Waals surface area (Å²) in [7, 11) is 0. The lowest BCUT2D eigenvalue weighted by molar-refractivity contribution is -0.123. The molecule has 0 aromatic heterocycles. The van der Waals surface area contributed by atoms with Crippen LogP contribution in [0.15, 0.2) is 83.8 Å². The lowest BCUT2D eigenvalue weighted by Gasteiger charge is -2.14. The molecule has 2 amide bonds. The monoisotopic (exact) mass is 553 g/mol. The van der Waals surface area contributed by atoms with E-state index in [1.54, 1.807) is 30.3 Å². The number of benzene rings is 4. The van der Waals surface area contributed by atoms with Crippen LogP contribution in [-0.2, 0) is 17.9 Å². The first-order valence-electron chi connectivity index (χ1n) is 11.0. The van der Waals surface area contributed by atoms with Crippen molar-refractivity contribution in [1.82, 2.24) is 4.90 Å². The largest absolute Gasteiger partial charge is 0.486 e. The van der Waals surface area contributed by atoms with Gasteiger partial charge >= 0.3 is 0 Å². The summed E-state index contributed by atoms with van der Waals surface area (Å²) in [6.45, 7) is 0.464. The van der Waals surface area contributed by atoms with Crippen molar-refractivity contribution in [3.63, 3.8) is 0 Å². The average Bonchev–Trinajstić information content (AvgIpc) is 3.12. The van der Waals surface area contributed by atoms with E-state index in [-0.39, 0.29) is 24.3 Å².